The second-order valence-corrected chi connectivity index (χ2v) is 8.70. The number of anilines is 1. The Balaban J connectivity index is 1.60. The van der Waals surface area contributed by atoms with Crippen molar-refractivity contribution in [1.29, 1.82) is 0 Å². The Morgan fingerprint density at radius 2 is 1.86 bits per heavy atom. The highest BCUT2D eigenvalue weighted by Gasteiger charge is 2.32. The summed E-state index contributed by atoms with van der Waals surface area (Å²) in [6, 6.07) is 13.9. The summed E-state index contributed by atoms with van der Waals surface area (Å²) >= 11 is 6.64. The SMILES string of the molecule is CCc1ccc(/C=C2\SC(=S)N(CCC(=O)Nc3ccc(C)c(C)c3)C2=O)cc1. The molecule has 1 heterocycles. The van der Waals surface area contributed by atoms with Crippen LogP contribution < -0.4 is 5.32 Å². The molecule has 0 bridgehead atoms. The van der Waals surface area contributed by atoms with Gasteiger partial charge >= 0.3 is 0 Å². The third kappa shape index (κ3) is 5.34. The molecule has 1 aliphatic heterocycles. The first-order valence-corrected chi connectivity index (χ1v) is 10.8. The minimum absolute atomic E-state index is 0.138. The number of hydrogen-bond donors (Lipinski definition) is 1. The molecule has 2 aromatic carbocycles. The molecule has 0 aromatic heterocycles. The van der Waals surface area contributed by atoms with Crippen LogP contribution in [0.15, 0.2) is 47.4 Å². The number of nitrogens with one attached hydrogen (secondary N) is 1. The third-order valence-corrected chi connectivity index (χ3v) is 6.29. The standard InChI is InChI=1S/C23H24N2O2S2/c1-4-17-6-8-18(9-7-17)14-20-22(27)25(23(28)29-20)12-11-21(26)24-19-10-5-15(2)16(3)13-19/h5-10,13-14H,4,11-12H2,1-3H3,(H,24,26)/b20-14-. The highest BCUT2D eigenvalue weighted by molar-refractivity contribution is 8.26. The lowest BCUT2D eigenvalue weighted by atomic mass is 10.1. The smallest absolute Gasteiger partial charge is 0.266 e. The summed E-state index contributed by atoms with van der Waals surface area (Å²) in [5.74, 6) is -0.278. The summed E-state index contributed by atoms with van der Waals surface area (Å²) in [4.78, 5) is 27.1. The molecule has 1 N–H and O–H groups in total. The molecule has 3 rings (SSSR count). The van der Waals surface area contributed by atoms with Gasteiger partial charge in [-0.25, -0.2) is 0 Å². The Labute approximate surface area is 181 Å². The van der Waals surface area contributed by atoms with Gasteiger partial charge in [0.05, 0.1) is 4.91 Å². The lowest BCUT2D eigenvalue weighted by Gasteiger charge is -2.14. The minimum atomic E-state index is -0.140. The van der Waals surface area contributed by atoms with E-state index in [4.69, 9.17) is 12.2 Å². The van der Waals surface area contributed by atoms with Gasteiger partial charge in [0.1, 0.15) is 4.32 Å². The molecular weight excluding hydrogens is 400 g/mol. The van der Waals surface area contributed by atoms with Gasteiger partial charge in [0, 0.05) is 18.7 Å². The average molecular weight is 425 g/mol. The molecule has 2 aromatic rings. The van der Waals surface area contributed by atoms with Crippen LogP contribution >= 0.6 is 24.0 Å². The van der Waals surface area contributed by atoms with Gasteiger partial charge in [0.2, 0.25) is 5.91 Å². The van der Waals surface area contributed by atoms with E-state index in [1.807, 2.05) is 50.3 Å². The number of carbonyl (C=O) groups excluding carboxylic acids is 2. The third-order valence-electron chi connectivity index (χ3n) is 4.91. The first-order valence-electron chi connectivity index (χ1n) is 9.59. The quantitative estimate of drug-likeness (QED) is 0.518. The molecule has 0 unspecified atom stereocenters. The van der Waals surface area contributed by atoms with Crippen molar-refractivity contribution in [2.24, 2.45) is 0 Å². The molecule has 0 aliphatic carbocycles. The molecular formula is C23H24N2O2S2. The lowest BCUT2D eigenvalue weighted by Crippen LogP contribution is -2.31. The van der Waals surface area contributed by atoms with Crippen LogP contribution in [-0.2, 0) is 16.0 Å². The van der Waals surface area contributed by atoms with Gasteiger partial charge < -0.3 is 5.32 Å². The molecule has 4 nitrogen and oxygen atoms in total. The van der Waals surface area contributed by atoms with Crippen LogP contribution in [0.5, 0.6) is 0 Å². The molecule has 29 heavy (non-hydrogen) atoms. The van der Waals surface area contributed by atoms with E-state index in [0.717, 1.165) is 23.2 Å². The minimum Gasteiger partial charge on any atom is -0.326 e. The van der Waals surface area contributed by atoms with Crippen molar-refractivity contribution < 1.29 is 9.59 Å². The molecule has 6 heteroatoms. The van der Waals surface area contributed by atoms with Crippen LogP contribution in [0.1, 0.15) is 35.6 Å². The lowest BCUT2D eigenvalue weighted by molar-refractivity contribution is -0.122. The fourth-order valence-corrected chi connectivity index (χ4v) is 4.26. The number of carbonyl (C=O) groups is 2. The Bertz CT molecular complexity index is 981. The number of thiocarbonyl (C=S) groups is 1. The monoisotopic (exact) mass is 424 g/mol. The zero-order valence-electron chi connectivity index (χ0n) is 16.8. The Morgan fingerprint density at radius 1 is 1.14 bits per heavy atom. The fraction of sp³-hybridized carbons (Fsp3) is 0.261. The summed E-state index contributed by atoms with van der Waals surface area (Å²) in [7, 11) is 0. The van der Waals surface area contributed by atoms with E-state index in [-0.39, 0.29) is 24.8 Å². The van der Waals surface area contributed by atoms with Crippen LogP contribution in [0, 0.1) is 13.8 Å². The molecule has 1 aliphatic rings. The molecule has 2 amide bonds. The molecule has 0 spiro atoms. The van der Waals surface area contributed by atoms with Crippen LogP contribution in [0.25, 0.3) is 6.08 Å². The van der Waals surface area contributed by atoms with Gasteiger partial charge in [-0.3, -0.25) is 14.5 Å². The van der Waals surface area contributed by atoms with Gasteiger partial charge in [-0.1, -0.05) is 61.2 Å². The maximum atomic E-state index is 12.7. The first-order chi connectivity index (χ1) is 13.9. The fourth-order valence-electron chi connectivity index (χ4n) is 2.95. The Hall–Kier alpha value is -2.44. The first kappa shape index (κ1) is 21.3. The number of amides is 2. The number of thioether (sulfide) groups is 1. The second-order valence-electron chi connectivity index (χ2n) is 7.03. The molecule has 0 saturated carbocycles. The second kappa shape index (κ2) is 9.37. The van der Waals surface area contributed by atoms with Crippen molar-refractivity contribution in [2.75, 3.05) is 11.9 Å². The zero-order chi connectivity index (χ0) is 21.0. The molecule has 150 valence electrons. The number of benzene rings is 2. The summed E-state index contributed by atoms with van der Waals surface area (Å²) < 4.78 is 0.491. The molecule has 0 radical (unpaired) electrons. The Kier molecular flexibility index (Phi) is 6.87. The van der Waals surface area contributed by atoms with Crippen molar-refractivity contribution in [3.05, 3.63) is 69.6 Å². The maximum Gasteiger partial charge on any atom is 0.266 e. The van der Waals surface area contributed by atoms with Crippen molar-refractivity contribution in [2.45, 2.75) is 33.6 Å². The van der Waals surface area contributed by atoms with E-state index >= 15 is 0 Å². The predicted octanol–water partition coefficient (Wildman–Crippen LogP) is 5.10. The van der Waals surface area contributed by atoms with Crippen molar-refractivity contribution in [3.8, 4) is 0 Å². The van der Waals surface area contributed by atoms with E-state index in [2.05, 4.69) is 24.4 Å². The van der Waals surface area contributed by atoms with Gasteiger partial charge in [0.25, 0.3) is 5.91 Å². The number of aryl methyl sites for hydroxylation is 3. The van der Waals surface area contributed by atoms with Crippen molar-refractivity contribution in [1.82, 2.24) is 4.90 Å². The van der Waals surface area contributed by atoms with Crippen LogP contribution in [0.4, 0.5) is 5.69 Å². The summed E-state index contributed by atoms with van der Waals surface area (Å²) in [6.45, 7) is 6.42. The van der Waals surface area contributed by atoms with Crippen LogP contribution in [0.3, 0.4) is 0 Å². The summed E-state index contributed by atoms with van der Waals surface area (Å²) in [6.07, 6.45) is 3.03. The molecule has 1 fully saturated rings. The number of hydrogen-bond acceptors (Lipinski definition) is 4. The largest absolute Gasteiger partial charge is 0.326 e. The summed E-state index contributed by atoms with van der Waals surface area (Å²) in [5, 5.41) is 2.88. The van der Waals surface area contributed by atoms with E-state index in [0.29, 0.717) is 9.23 Å². The molecule has 1 saturated heterocycles. The van der Waals surface area contributed by atoms with Gasteiger partial charge in [0.15, 0.2) is 0 Å². The van der Waals surface area contributed by atoms with Crippen LogP contribution in [-0.4, -0.2) is 27.6 Å². The number of nitrogens with zero attached hydrogens (tertiary/aromatic N) is 1. The van der Waals surface area contributed by atoms with Gasteiger partial charge in [-0.05, 0) is 60.7 Å². The molecule has 0 atom stereocenters. The predicted molar refractivity (Wildman–Crippen MR) is 125 cm³/mol. The van der Waals surface area contributed by atoms with Crippen molar-refractivity contribution in [3.63, 3.8) is 0 Å². The van der Waals surface area contributed by atoms with Crippen LogP contribution in [0.2, 0.25) is 0 Å². The van der Waals surface area contributed by atoms with E-state index < -0.39 is 0 Å². The van der Waals surface area contributed by atoms with Crippen molar-refractivity contribution >= 4 is 51.9 Å². The topological polar surface area (TPSA) is 49.4 Å². The van der Waals surface area contributed by atoms with Gasteiger partial charge in [-0.15, -0.1) is 0 Å². The number of rotatable bonds is 6. The normalized spacial score (nSPS) is 15.3. The average Bonchev–Trinajstić information content (AvgIpc) is 2.96. The Morgan fingerprint density at radius 3 is 2.52 bits per heavy atom. The highest BCUT2D eigenvalue weighted by Crippen LogP contribution is 2.32. The van der Waals surface area contributed by atoms with E-state index in [1.54, 1.807) is 0 Å². The highest BCUT2D eigenvalue weighted by atomic mass is 32.2. The maximum absolute atomic E-state index is 12.7. The zero-order valence-corrected chi connectivity index (χ0v) is 18.5. The van der Waals surface area contributed by atoms with E-state index in [1.165, 1.54) is 27.8 Å². The summed E-state index contributed by atoms with van der Waals surface area (Å²) in [5.41, 5.74) is 5.28. The van der Waals surface area contributed by atoms with Gasteiger partial charge in [-0.2, -0.15) is 0 Å². The van der Waals surface area contributed by atoms with E-state index in [9.17, 15) is 9.59 Å².